The molecule has 0 fully saturated rings. The van der Waals surface area contributed by atoms with E-state index in [9.17, 15) is 9.59 Å². The van der Waals surface area contributed by atoms with Crippen molar-refractivity contribution in [2.24, 2.45) is 5.10 Å². The summed E-state index contributed by atoms with van der Waals surface area (Å²) in [6.45, 7) is 4.09. The number of nitrogens with one attached hydrogen (secondary N) is 2. The second-order valence-corrected chi connectivity index (χ2v) is 10.5. The van der Waals surface area contributed by atoms with Crippen molar-refractivity contribution in [3.05, 3.63) is 129 Å². The van der Waals surface area contributed by atoms with Gasteiger partial charge in [-0.05, 0) is 73.0 Å². The Kier molecular flexibility index (Phi) is 11.0. The molecule has 2 N–H and O–H groups in total. The highest BCUT2D eigenvalue weighted by Crippen LogP contribution is 2.28. The molecule has 0 spiro atoms. The molecule has 0 heterocycles. The summed E-state index contributed by atoms with van der Waals surface area (Å²) in [4.78, 5) is 26.1. The lowest BCUT2D eigenvalue weighted by Crippen LogP contribution is -2.50. The molecule has 9 heteroatoms. The third-order valence-corrected chi connectivity index (χ3v) is 6.77. The van der Waals surface area contributed by atoms with E-state index in [1.165, 1.54) is 17.8 Å². The Morgan fingerprint density at radius 2 is 1.62 bits per heavy atom. The van der Waals surface area contributed by atoms with Crippen LogP contribution in [0.1, 0.15) is 29.2 Å². The molecule has 4 aromatic carbocycles. The SMILES string of the molecule is Cc1cccc(COc2ccc(/C=N\NC(=O)[C@H](Cc3ccccc3)NC(=O)[C@@H](C)Oc3ccc(Cl)cc3Cl)cc2)c1. The van der Waals surface area contributed by atoms with Crippen LogP contribution in [0, 0.1) is 6.92 Å². The molecule has 0 saturated heterocycles. The number of rotatable bonds is 12. The number of aryl methyl sites for hydroxylation is 1. The monoisotopic (exact) mass is 603 g/mol. The van der Waals surface area contributed by atoms with Gasteiger partial charge in [0.15, 0.2) is 6.10 Å². The van der Waals surface area contributed by atoms with E-state index in [1.54, 1.807) is 19.1 Å². The third kappa shape index (κ3) is 9.36. The number of halogens is 2. The standard InChI is InChI=1S/C33H31Cl2N3O4/c1-22-7-6-10-26(17-22)21-41-28-14-11-25(12-15-28)20-36-38-33(40)30(18-24-8-4-3-5-9-24)37-32(39)23(2)42-31-16-13-27(34)19-29(31)35/h3-17,19-20,23,30H,18,21H2,1-2H3,(H,37,39)(H,38,40)/b36-20-/t23-,30+/m1/s1. The molecule has 0 aliphatic heterocycles. The minimum Gasteiger partial charge on any atom is -0.489 e. The van der Waals surface area contributed by atoms with Gasteiger partial charge in [-0.3, -0.25) is 9.59 Å². The summed E-state index contributed by atoms with van der Waals surface area (Å²) in [5.41, 5.74) is 6.45. The number of hydrogen-bond donors (Lipinski definition) is 2. The van der Waals surface area contributed by atoms with Crippen LogP contribution in [0.3, 0.4) is 0 Å². The highest BCUT2D eigenvalue weighted by Gasteiger charge is 2.25. The van der Waals surface area contributed by atoms with E-state index in [0.717, 1.165) is 22.4 Å². The number of carbonyl (C=O) groups is 2. The fourth-order valence-corrected chi connectivity index (χ4v) is 4.48. The third-order valence-electron chi connectivity index (χ3n) is 6.24. The quantitative estimate of drug-likeness (QED) is 0.142. The van der Waals surface area contributed by atoms with Crippen molar-refractivity contribution in [3.8, 4) is 11.5 Å². The van der Waals surface area contributed by atoms with Gasteiger partial charge >= 0.3 is 0 Å². The summed E-state index contributed by atoms with van der Waals surface area (Å²) >= 11 is 12.1. The van der Waals surface area contributed by atoms with Gasteiger partial charge in [0, 0.05) is 11.4 Å². The molecule has 0 unspecified atom stereocenters. The smallest absolute Gasteiger partial charge is 0.262 e. The first-order chi connectivity index (χ1) is 20.3. The summed E-state index contributed by atoms with van der Waals surface area (Å²) in [7, 11) is 0. The van der Waals surface area contributed by atoms with E-state index in [4.69, 9.17) is 32.7 Å². The lowest BCUT2D eigenvalue weighted by Gasteiger charge is -2.21. The Morgan fingerprint density at radius 3 is 2.33 bits per heavy atom. The summed E-state index contributed by atoms with van der Waals surface area (Å²) in [6, 6.07) is 28.7. The van der Waals surface area contributed by atoms with Crippen LogP contribution >= 0.6 is 23.2 Å². The molecule has 0 aliphatic rings. The molecule has 0 saturated carbocycles. The van der Waals surface area contributed by atoms with E-state index in [2.05, 4.69) is 21.9 Å². The maximum absolute atomic E-state index is 13.1. The molecule has 7 nitrogen and oxygen atoms in total. The molecule has 0 radical (unpaired) electrons. The van der Waals surface area contributed by atoms with Gasteiger partial charge in [-0.15, -0.1) is 0 Å². The van der Waals surface area contributed by atoms with Crippen molar-refractivity contribution < 1.29 is 19.1 Å². The number of carbonyl (C=O) groups excluding carboxylic acids is 2. The largest absolute Gasteiger partial charge is 0.489 e. The lowest BCUT2D eigenvalue weighted by atomic mass is 10.1. The topological polar surface area (TPSA) is 89.0 Å². The van der Waals surface area contributed by atoms with Crippen molar-refractivity contribution in [1.29, 1.82) is 0 Å². The molecule has 4 aromatic rings. The molecular formula is C33H31Cl2N3O4. The minimum atomic E-state index is -0.926. The first-order valence-corrected chi connectivity index (χ1v) is 14.1. The fourth-order valence-electron chi connectivity index (χ4n) is 4.03. The van der Waals surface area contributed by atoms with Crippen molar-refractivity contribution in [1.82, 2.24) is 10.7 Å². The summed E-state index contributed by atoms with van der Waals surface area (Å²) in [6.07, 6.45) is 0.859. The Labute approximate surface area is 255 Å². The van der Waals surface area contributed by atoms with Gasteiger partial charge in [-0.25, -0.2) is 5.43 Å². The average molecular weight is 605 g/mol. The molecule has 216 valence electrons. The first-order valence-electron chi connectivity index (χ1n) is 13.3. The van der Waals surface area contributed by atoms with E-state index < -0.39 is 24.0 Å². The molecule has 42 heavy (non-hydrogen) atoms. The average Bonchev–Trinajstić information content (AvgIpc) is 2.98. The minimum absolute atomic E-state index is 0.259. The maximum Gasteiger partial charge on any atom is 0.262 e. The molecule has 4 rings (SSSR count). The molecule has 0 aliphatic carbocycles. The van der Waals surface area contributed by atoms with Crippen molar-refractivity contribution in [2.75, 3.05) is 0 Å². The highest BCUT2D eigenvalue weighted by atomic mass is 35.5. The van der Waals surface area contributed by atoms with E-state index in [-0.39, 0.29) is 11.4 Å². The number of ether oxygens (including phenoxy) is 2. The number of benzene rings is 4. The van der Waals surface area contributed by atoms with Gasteiger partial charge in [0.2, 0.25) is 0 Å². The summed E-state index contributed by atoms with van der Waals surface area (Å²) < 4.78 is 11.6. The van der Waals surface area contributed by atoms with Crippen LogP contribution in [0.25, 0.3) is 0 Å². The zero-order chi connectivity index (χ0) is 29.9. The van der Waals surface area contributed by atoms with Crippen molar-refractivity contribution in [3.63, 3.8) is 0 Å². The van der Waals surface area contributed by atoms with E-state index in [0.29, 0.717) is 17.4 Å². The Balaban J connectivity index is 1.35. The zero-order valence-electron chi connectivity index (χ0n) is 23.2. The predicted octanol–water partition coefficient (Wildman–Crippen LogP) is 6.53. The van der Waals surface area contributed by atoms with Crippen LogP contribution in [0.15, 0.2) is 102 Å². The number of amides is 2. The summed E-state index contributed by atoms with van der Waals surface area (Å²) in [5, 5.41) is 7.60. The summed E-state index contributed by atoms with van der Waals surface area (Å²) in [5.74, 6) is 0.0733. The Morgan fingerprint density at radius 1 is 0.881 bits per heavy atom. The number of hydrogen-bond acceptors (Lipinski definition) is 5. The van der Waals surface area contributed by atoms with Gasteiger partial charge < -0.3 is 14.8 Å². The number of hydrazone groups is 1. The highest BCUT2D eigenvalue weighted by molar-refractivity contribution is 6.35. The van der Waals surface area contributed by atoms with Crippen molar-refractivity contribution in [2.45, 2.75) is 39.0 Å². The van der Waals surface area contributed by atoms with Gasteiger partial charge in [0.1, 0.15) is 24.1 Å². The van der Waals surface area contributed by atoms with Gasteiger partial charge in [0.05, 0.1) is 11.2 Å². The van der Waals surface area contributed by atoms with E-state index >= 15 is 0 Å². The molecule has 0 bridgehead atoms. The van der Waals surface area contributed by atoms with Crippen LogP contribution in [-0.4, -0.2) is 30.2 Å². The van der Waals surface area contributed by atoms with E-state index in [1.807, 2.05) is 79.7 Å². The fraction of sp³-hybridized carbons (Fsp3) is 0.182. The molecule has 2 atom stereocenters. The van der Waals surface area contributed by atoms with Gasteiger partial charge in [0.25, 0.3) is 11.8 Å². The van der Waals surface area contributed by atoms with Crippen LogP contribution in [0.5, 0.6) is 11.5 Å². The van der Waals surface area contributed by atoms with Gasteiger partial charge in [-0.1, -0.05) is 83.4 Å². The molecular weight excluding hydrogens is 573 g/mol. The number of nitrogens with zero attached hydrogens (tertiary/aromatic N) is 1. The second-order valence-electron chi connectivity index (χ2n) is 9.67. The second kappa shape index (κ2) is 15.1. The van der Waals surface area contributed by atoms with Crippen LogP contribution in [0.2, 0.25) is 10.0 Å². The first kappa shape index (κ1) is 30.6. The Bertz CT molecular complexity index is 1530. The molecule has 0 aromatic heterocycles. The van der Waals surface area contributed by atoms with Gasteiger partial charge in [-0.2, -0.15) is 5.10 Å². The van der Waals surface area contributed by atoms with Crippen molar-refractivity contribution >= 4 is 41.2 Å². The normalized spacial score (nSPS) is 12.4. The van der Waals surface area contributed by atoms with Crippen LogP contribution < -0.4 is 20.2 Å². The molecule has 2 amide bonds. The van der Waals surface area contributed by atoms with Crippen LogP contribution in [-0.2, 0) is 22.6 Å². The predicted molar refractivity (Wildman–Crippen MR) is 166 cm³/mol. The lowest BCUT2D eigenvalue weighted by molar-refractivity contribution is -0.132. The maximum atomic E-state index is 13.1. The Hall–Kier alpha value is -4.33. The van der Waals surface area contributed by atoms with Crippen LogP contribution in [0.4, 0.5) is 0 Å². The zero-order valence-corrected chi connectivity index (χ0v) is 24.7.